The van der Waals surface area contributed by atoms with Crippen LogP contribution in [0.4, 0.5) is 0 Å². The number of rotatable bonds is 5. The number of hydrogen-bond donors (Lipinski definition) is 0. The van der Waals surface area contributed by atoms with E-state index in [1.165, 1.54) is 21.1 Å². The van der Waals surface area contributed by atoms with Crippen molar-refractivity contribution < 1.29 is 17.9 Å². The number of halogens is 1. The Kier molecular flexibility index (Phi) is 4.47. The molecule has 0 N–H and O–H groups in total. The van der Waals surface area contributed by atoms with Crippen LogP contribution < -0.4 is 9.47 Å². The van der Waals surface area contributed by atoms with Crippen molar-refractivity contribution in [1.29, 1.82) is 0 Å². The maximum Gasteiger partial charge on any atom is 0.323 e. The molecule has 7 nitrogen and oxygen atoms in total. The molecule has 17 heavy (non-hydrogen) atoms. The van der Waals surface area contributed by atoms with E-state index in [0.29, 0.717) is 0 Å². The van der Waals surface area contributed by atoms with Gasteiger partial charge in [-0.2, -0.15) is 9.97 Å². The Bertz CT molecular complexity index is 471. The summed E-state index contributed by atoms with van der Waals surface area (Å²) in [5.41, 5.74) is 0. The normalized spacial score (nSPS) is 13.2. The molecule has 0 aliphatic carbocycles. The lowest BCUT2D eigenvalue weighted by Crippen LogP contribution is -2.22. The molecule has 0 aromatic carbocycles. The van der Waals surface area contributed by atoms with Gasteiger partial charge in [-0.3, -0.25) is 0 Å². The summed E-state index contributed by atoms with van der Waals surface area (Å²) in [6.45, 7) is 1.46. The molecule has 0 amide bonds. The molecule has 1 rings (SSSR count). The summed E-state index contributed by atoms with van der Waals surface area (Å²) >= 11 is 5.52. The number of nitrogens with zero attached hydrogens (tertiary/aromatic N) is 3. The van der Waals surface area contributed by atoms with Crippen LogP contribution in [0.3, 0.4) is 0 Å². The Balaban J connectivity index is 3.31. The van der Waals surface area contributed by atoms with Gasteiger partial charge in [0.25, 0.3) is 5.16 Å². The van der Waals surface area contributed by atoms with Gasteiger partial charge in [-0.15, -0.1) is 16.6 Å². The molecule has 1 aromatic rings. The van der Waals surface area contributed by atoms with E-state index < -0.39 is 20.2 Å². The summed E-state index contributed by atoms with van der Waals surface area (Å²) in [6.07, 6.45) is 0. The van der Waals surface area contributed by atoms with E-state index in [1.54, 1.807) is 0 Å². The van der Waals surface area contributed by atoms with Gasteiger partial charge >= 0.3 is 12.0 Å². The maximum atomic E-state index is 12.0. The highest BCUT2D eigenvalue weighted by atomic mass is 35.5. The highest BCUT2D eigenvalue weighted by Gasteiger charge is 2.27. The molecule has 1 unspecified atom stereocenters. The third kappa shape index (κ3) is 2.95. The molecular formula is C8H12ClN3O4S. The van der Waals surface area contributed by atoms with Crippen LogP contribution in [-0.2, 0) is 9.84 Å². The summed E-state index contributed by atoms with van der Waals surface area (Å²) in [5.74, 6) is -0.0569. The Morgan fingerprint density at radius 1 is 1.18 bits per heavy atom. The van der Waals surface area contributed by atoms with E-state index >= 15 is 0 Å². The van der Waals surface area contributed by atoms with Crippen molar-refractivity contribution in [1.82, 2.24) is 15.0 Å². The van der Waals surface area contributed by atoms with Gasteiger partial charge < -0.3 is 9.47 Å². The molecule has 9 heteroatoms. The Labute approximate surface area is 104 Å². The fourth-order valence-electron chi connectivity index (χ4n) is 0.893. The zero-order valence-electron chi connectivity index (χ0n) is 9.55. The lowest BCUT2D eigenvalue weighted by molar-refractivity contribution is 0.330. The van der Waals surface area contributed by atoms with Crippen molar-refractivity contribution >= 4 is 21.4 Å². The van der Waals surface area contributed by atoms with Crippen LogP contribution in [0.25, 0.3) is 0 Å². The number of sulfone groups is 1. The molecule has 96 valence electrons. The average molecular weight is 282 g/mol. The predicted octanol–water partition coefficient (Wildman–Crippen LogP) is 0.290. The van der Waals surface area contributed by atoms with Crippen LogP contribution in [0.15, 0.2) is 5.16 Å². The second-order valence-electron chi connectivity index (χ2n) is 3.10. The topological polar surface area (TPSA) is 91.3 Å². The fourth-order valence-corrected chi connectivity index (χ4v) is 2.33. The SMILES string of the molecule is COc1nc(OC)nc(S(=O)(=O)C(C)CCl)n1. The van der Waals surface area contributed by atoms with Crippen LogP contribution in [0.5, 0.6) is 12.0 Å². The molecule has 1 heterocycles. The highest BCUT2D eigenvalue weighted by Crippen LogP contribution is 2.17. The molecule has 0 saturated heterocycles. The Hall–Kier alpha value is -1.15. The van der Waals surface area contributed by atoms with Crippen molar-refractivity contribution in [3.63, 3.8) is 0 Å². The minimum atomic E-state index is -3.71. The zero-order valence-corrected chi connectivity index (χ0v) is 11.1. The number of ether oxygens (including phenoxy) is 2. The molecule has 1 aromatic heterocycles. The quantitative estimate of drug-likeness (QED) is 0.716. The molecule has 0 fully saturated rings. The van der Waals surface area contributed by atoms with Gasteiger partial charge in [0.15, 0.2) is 0 Å². The first kappa shape index (κ1) is 13.9. The predicted molar refractivity (Wildman–Crippen MR) is 60.3 cm³/mol. The number of aromatic nitrogens is 3. The van der Waals surface area contributed by atoms with E-state index in [9.17, 15) is 8.42 Å². The Morgan fingerprint density at radius 3 is 2.00 bits per heavy atom. The van der Waals surface area contributed by atoms with Crippen LogP contribution in [0.1, 0.15) is 6.92 Å². The van der Waals surface area contributed by atoms with Crippen molar-refractivity contribution in [2.75, 3.05) is 20.1 Å². The van der Waals surface area contributed by atoms with Crippen LogP contribution in [-0.4, -0.2) is 48.7 Å². The first-order chi connectivity index (χ1) is 7.95. The highest BCUT2D eigenvalue weighted by molar-refractivity contribution is 7.91. The van der Waals surface area contributed by atoms with Crippen molar-refractivity contribution in [2.24, 2.45) is 0 Å². The van der Waals surface area contributed by atoms with Crippen LogP contribution in [0, 0.1) is 0 Å². The summed E-state index contributed by atoms with van der Waals surface area (Å²) in [7, 11) is -1.08. The van der Waals surface area contributed by atoms with Gasteiger partial charge in [0.2, 0.25) is 9.84 Å². The number of hydrogen-bond acceptors (Lipinski definition) is 7. The number of methoxy groups -OCH3 is 2. The largest absolute Gasteiger partial charge is 0.467 e. The molecule has 0 spiro atoms. The summed E-state index contributed by atoms with van der Waals surface area (Å²) in [4.78, 5) is 11.0. The first-order valence-corrected chi connectivity index (χ1v) is 6.67. The minimum Gasteiger partial charge on any atom is -0.467 e. The van der Waals surface area contributed by atoms with Crippen molar-refractivity contribution in [2.45, 2.75) is 17.3 Å². The van der Waals surface area contributed by atoms with Gasteiger partial charge in [0.1, 0.15) is 0 Å². The van der Waals surface area contributed by atoms with Crippen molar-refractivity contribution in [3.8, 4) is 12.0 Å². The third-order valence-corrected chi connectivity index (χ3v) is 4.50. The first-order valence-electron chi connectivity index (χ1n) is 4.59. The van der Waals surface area contributed by atoms with E-state index in [-0.39, 0.29) is 17.9 Å². The summed E-state index contributed by atoms with van der Waals surface area (Å²) < 4.78 is 33.4. The lowest BCUT2D eigenvalue weighted by atomic mass is 10.6. The Morgan fingerprint density at radius 2 is 1.65 bits per heavy atom. The molecule has 0 radical (unpaired) electrons. The second-order valence-corrected chi connectivity index (χ2v) is 5.67. The second kappa shape index (κ2) is 5.46. The van der Waals surface area contributed by atoms with Gasteiger partial charge in [-0.05, 0) is 6.92 Å². The smallest absolute Gasteiger partial charge is 0.323 e. The van der Waals surface area contributed by atoms with E-state index in [4.69, 9.17) is 21.1 Å². The number of alkyl halides is 1. The zero-order chi connectivity index (χ0) is 13.1. The summed E-state index contributed by atoms with van der Waals surface area (Å²) in [6, 6.07) is -0.255. The van der Waals surface area contributed by atoms with E-state index in [2.05, 4.69) is 15.0 Å². The molecule has 1 atom stereocenters. The van der Waals surface area contributed by atoms with E-state index in [0.717, 1.165) is 0 Å². The molecule has 0 saturated carbocycles. The third-order valence-electron chi connectivity index (χ3n) is 1.94. The monoisotopic (exact) mass is 281 g/mol. The van der Waals surface area contributed by atoms with Gasteiger partial charge in [0.05, 0.1) is 19.5 Å². The minimum absolute atomic E-state index is 0.0569. The van der Waals surface area contributed by atoms with Gasteiger partial charge in [0, 0.05) is 5.88 Å². The van der Waals surface area contributed by atoms with Gasteiger partial charge in [-0.25, -0.2) is 8.42 Å². The van der Waals surface area contributed by atoms with E-state index in [1.807, 2.05) is 0 Å². The summed E-state index contributed by atoms with van der Waals surface area (Å²) in [5, 5.41) is -1.21. The van der Waals surface area contributed by atoms with Crippen LogP contribution >= 0.6 is 11.6 Å². The molecule has 0 bridgehead atoms. The molecular weight excluding hydrogens is 270 g/mol. The van der Waals surface area contributed by atoms with Gasteiger partial charge in [-0.1, -0.05) is 0 Å². The van der Waals surface area contributed by atoms with Crippen LogP contribution in [0.2, 0.25) is 0 Å². The fraction of sp³-hybridized carbons (Fsp3) is 0.625. The average Bonchev–Trinajstić information content (AvgIpc) is 2.36. The molecule has 0 aliphatic rings. The molecule has 0 aliphatic heterocycles. The lowest BCUT2D eigenvalue weighted by Gasteiger charge is -2.09. The van der Waals surface area contributed by atoms with Crippen molar-refractivity contribution in [3.05, 3.63) is 0 Å². The standard InChI is InChI=1S/C8H12ClN3O4S/c1-5(4-9)17(13,14)8-11-6(15-2)10-7(12-8)16-3/h5H,4H2,1-3H3. The maximum absolute atomic E-state index is 12.0.